The Kier molecular flexibility index (Phi) is 7.78. The van der Waals surface area contributed by atoms with E-state index >= 15 is 0 Å². The molecule has 0 aromatic carbocycles. The van der Waals surface area contributed by atoms with E-state index in [1.807, 2.05) is 0 Å². The van der Waals surface area contributed by atoms with Gasteiger partial charge in [-0.3, -0.25) is 9.59 Å². The number of esters is 1. The second kappa shape index (κ2) is 10.1. The van der Waals surface area contributed by atoms with Crippen LogP contribution in [0.2, 0.25) is 0 Å². The maximum absolute atomic E-state index is 13.1. The van der Waals surface area contributed by atoms with Crippen molar-refractivity contribution < 1.29 is 28.3 Å². The average molecular weight is 404 g/mol. The summed E-state index contributed by atoms with van der Waals surface area (Å²) in [5, 5.41) is 0. The number of furan rings is 1. The van der Waals surface area contributed by atoms with Crippen LogP contribution in [-0.2, 0) is 16.5 Å². The summed E-state index contributed by atoms with van der Waals surface area (Å²) < 4.78 is 17.0. The predicted molar refractivity (Wildman–Crippen MR) is 106 cm³/mol. The fourth-order valence-electron chi connectivity index (χ4n) is 3.34. The van der Waals surface area contributed by atoms with Crippen molar-refractivity contribution in [3.8, 4) is 0 Å². The van der Waals surface area contributed by atoms with E-state index in [9.17, 15) is 14.4 Å². The van der Waals surface area contributed by atoms with Gasteiger partial charge in [0, 0.05) is 38.6 Å². The number of ketones is 1. The monoisotopic (exact) mass is 404 g/mol. The standard InChI is InChI=1S/C21H28N2O6/c1-6-28-21(26)19-14(2)18(15(3)22(19)4)16(24)13-23(10-8-11-27-5)20(25)17-9-7-12-29-17/h7,9,12H,6,8,10-11,13H2,1-5H3. The largest absolute Gasteiger partial charge is 0.461 e. The summed E-state index contributed by atoms with van der Waals surface area (Å²) in [4.78, 5) is 39.6. The van der Waals surface area contributed by atoms with Crippen LogP contribution in [0.15, 0.2) is 22.8 Å². The molecule has 8 heteroatoms. The van der Waals surface area contributed by atoms with Crippen LogP contribution in [0.1, 0.15) is 56.0 Å². The van der Waals surface area contributed by atoms with Gasteiger partial charge in [-0.05, 0) is 44.9 Å². The smallest absolute Gasteiger partial charge is 0.355 e. The molecule has 8 nitrogen and oxygen atoms in total. The van der Waals surface area contributed by atoms with Gasteiger partial charge in [0.15, 0.2) is 11.5 Å². The third kappa shape index (κ3) is 4.95. The lowest BCUT2D eigenvalue weighted by molar-refractivity contribution is 0.0513. The van der Waals surface area contributed by atoms with Crippen molar-refractivity contribution in [1.82, 2.24) is 9.47 Å². The summed E-state index contributed by atoms with van der Waals surface area (Å²) in [7, 11) is 3.30. The number of carbonyl (C=O) groups is 3. The highest BCUT2D eigenvalue weighted by Crippen LogP contribution is 2.23. The van der Waals surface area contributed by atoms with Gasteiger partial charge in [0.05, 0.1) is 19.4 Å². The quantitative estimate of drug-likeness (QED) is 0.344. The molecule has 0 spiro atoms. The number of nitrogens with zero attached hydrogens (tertiary/aromatic N) is 2. The number of hydrogen-bond acceptors (Lipinski definition) is 6. The zero-order valence-electron chi connectivity index (χ0n) is 17.6. The van der Waals surface area contributed by atoms with Gasteiger partial charge in [0.2, 0.25) is 0 Å². The van der Waals surface area contributed by atoms with Gasteiger partial charge < -0.3 is 23.4 Å². The van der Waals surface area contributed by atoms with E-state index in [1.54, 1.807) is 51.6 Å². The number of carbonyl (C=O) groups excluding carboxylic acids is 3. The van der Waals surface area contributed by atoms with Crippen molar-refractivity contribution >= 4 is 17.7 Å². The molecular weight excluding hydrogens is 376 g/mol. The molecule has 0 unspecified atom stereocenters. The second-order valence-corrected chi connectivity index (χ2v) is 6.69. The van der Waals surface area contributed by atoms with E-state index < -0.39 is 5.97 Å². The molecule has 0 atom stereocenters. The van der Waals surface area contributed by atoms with Gasteiger partial charge in [-0.25, -0.2) is 4.79 Å². The molecule has 0 N–H and O–H groups in total. The van der Waals surface area contributed by atoms with Crippen LogP contribution in [0, 0.1) is 13.8 Å². The van der Waals surface area contributed by atoms with Gasteiger partial charge in [-0.2, -0.15) is 0 Å². The minimum absolute atomic E-state index is 0.128. The highest BCUT2D eigenvalue weighted by atomic mass is 16.5. The first-order valence-corrected chi connectivity index (χ1v) is 9.51. The molecule has 0 radical (unpaired) electrons. The zero-order chi connectivity index (χ0) is 21.6. The lowest BCUT2D eigenvalue weighted by Gasteiger charge is -2.21. The van der Waals surface area contributed by atoms with Gasteiger partial charge in [-0.15, -0.1) is 0 Å². The van der Waals surface area contributed by atoms with Crippen molar-refractivity contribution in [3.63, 3.8) is 0 Å². The number of methoxy groups -OCH3 is 1. The minimum Gasteiger partial charge on any atom is -0.461 e. The Hall–Kier alpha value is -2.87. The van der Waals surface area contributed by atoms with E-state index in [2.05, 4.69) is 0 Å². The Balaban J connectivity index is 2.30. The van der Waals surface area contributed by atoms with Crippen molar-refractivity contribution in [2.75, 3.05) is 33.4 Å². The summed E-state index contributed by atoms with van der Waals surface area (Å²) in [6.45, 7) is 6.14. The lowest BCUT2D eigenvalue weighted by Crippen LogP contribution is -2.37. The van der Waals surface area contributed by atoms with E-state index in [1.165, 1.54) is 11.2 Å². The second-order valence-electron chi connectivity index (χ2n) is 6.69. The SMILES string of the molecule is CCOC(=O)c1c(C)c(C(=O)CN(CCCOC)C(=O)c2ccco2)c(C)n1C. The molecule has 29 heavy (non-hydrogen) atoms. The Labute approximate surface area is 170 Å². The van der Waals surface area contributed by atoms with Crippen molar-refractivity contribution in [3.05, 3.63) is 46.7 Å². The number of ether oxygens (including phenoxy) is 2. The first kappa shape index (κ1) is 22.4. The lowest BCUT2D eigenvalue weighted by atomic mass is 10.0. The molecule has 0 saturated heterocycles. The number of amides is 1. The molecule has 2 rings (SSSR count). The van der Waals surface area contributed by atoms with Crippen LogP contribution < -0.4 is 0 Å². The fourth-order valence-corrected chi connectivity index (χ4v) is 3.34. The van der Waals surface area contributed by atoms with Crippen LogP contribution in [0.25, 0.3) is 0 Å². The Bertz CT molecular complexity index is 866. The number of aromatic nitrogens is 1. The fraction of sp³-hybridized carbons (Fsp3) is 0.476. The maximum atomic E-state index is 13.1. The van der Waals surface area contributed by atoms with Crippen molar-refractivity contribution in [2.45, 2.75) is 27.2 Å². The first-order valence-electron chi connectivity index (χ1n) is 9.51. The summed E-state index contributed by atoms with van der Waals surface area (Å²) >= 11 is 0. The molecule has 0 bridgehead atoms. The summed E-state index contributed by atoms with van der Waals surface area (Å²) in [6.07, 6.45) is 2.00. The molecule has 2 aromatic rings. The minimum atomic E-state index is -0.474. The zero-order valence-corrected chi connectivity index (χ0v) is 17.6. The third-order valence-electron chi connectivity index (χ3n) is 4.81. The molecule has 0 aliphatic carbocycles. The molecule has 0 aliphatic rings. The van der Waals surface area contributed by atoms with Crippen LogP contribution in [-0.4, -0.2) is 60.5 Å². The van der Waals surface area contributed by atoms with Gasteiger partial charge in [0.1, 0.15) is 5.69 Å². The maximum Gasteiger partial charge on any atom is 0.355 e. The van der Waals surface area contributed by atoms with E-state index in [0.717, 1.165) is 0 Å². The topological polar surface area (TPSA) is 91.0 Å². The predicted octanol–water partition coefficient (Wildman–Crippen LogP) is 2.77. The highest BCUT2D eigenvalue weighted by Gasteiger charge is 2.28. The number of Topliss-reactive ketones (excluding diaryl/α,β-unsaturated/α-hetero) is 1. The van der Waals surface area contributed by atoms with Crippen LogP contribution >= 0.6 is 0 Å². The van der Waals surface area contributed by atoms with Crippen molar-refractivity contribution in [2.24, 2.45) is 7.05 Å². The summed E-state index contributed by atoms with van der Waals surface area (Å²) in [5.41, 5.74) is 1.98. The van der Waals surface area contributed by atoms with Gasteiger partial charge in [0.25, 0.3) is 5.91 Å². The normalized spacial score (nSPS) is 10.8. The summed E-state index contributed by atoms with van der Waals surface area (Å²) in [5.74, 6) is -0.915. The molecule has 2 aromatic heterocycles. The molecule has 0 fully saturated rings. The van der Waals surface area contributed by atoms with Gasteiger partial charge in [-0.1, -0.05) is 0 Å². The van der Waals surface area contributed by atoms with E-state index in [4.69, 9.17) is 13.9 Å². The molecule has 1 amide bonds. The Morgan fingerprint density at radius 3 is 2.55 bits per heavy atom. The average Bonchev–Trinajstić information content (AvgIpc) is 3.28. The Morgan fingerprint density at radius 2 is 1.97 bits per heavy atom. The summed E-state index contributed by atoms with van der Waals surface area (Å²) in [6, 6.07) is 3.19. The molecule has 0 aliphatic heterocycles. The van der Waals surface area contributed by atoms with Crippen LogP contribution in [0.3, 0.4) is 0 Å². The first-order chi connectivity index (χ1) is 13.8. The van der Waals surface area contributed by atoms with Crippen LogP contribution in [0.4, 0.5) is 0 Å². The van der Waals surface area contributed by atoms with Crippen LogP contribution in [0.5, 0.6) is 0 Å². The number of hydrogen-bond donors (Lipinski definition) is 0. The molecule has 0 saturated carbocycles. The molecular formula is C21H28N2O6. The van der Waals surface area contributed by atoms with E-state index in [0.29, 0.717) is 42.1 Å². The molecule has 2 heterocycles. The third-order valence-corrected chi connectivity index (χ3v) is 4.81. The van der Waals surface area contributed by atoms with Crippen molar-refractivity contribution in [1.29, 1.82) is 0 Å². The number of rotatable bonds is 10. The highest BCUT2D eigenvalue weighted by molar-refractivity contribution is 6.05. The Morgan fingerprint density at radius 1 is 1.24 bits per heavy atom. The molecule has 158 valence electrons. The van der Waals surface area contributed by atoms with E-state index in [-0.39, 0.29) is 30.6 Å². The van der Waals surface area contributed by atoms with Gasteiger partial charge >= 0.3 is 5.97 Å².